The van der Waals surface area contributed by atoms with Gasteiger partial charge in [-0.1, -0.05) is 31.2 Å². The maximum absolute atomic E-state index is 4.70. The second-order valence-electron chi connectivity index (χ2n) is 6.69. The van der Waals surface area contributed by atoms with Crippen LogP contribution in [0.3, 0.4) is 0 Å². The summed E-state index contributed by atoms with van der Waals surface area (Å²) in [4.78, 5) is 11.7. The number of anilines is 2. The Labute approximate surface area is 145 Å². The van der Waals surface area contributed by atoms with Crippen LogP contribution in [-0.4, -0.2) is 22.6 Å². The van der Waals surface area contributed by atoms with Crippen molar-refractivity contribution < 1.29 is 0 Å². The van der Waals surface area contributed by atoms with Crippen molar-refractivity contribution in [1.82, 2.24) is 9.97 Å². The Morgan fingerprint density at radius 2 is 2.00 bits per heavy atom. The van der Waals surface area contributed by atoms with Crippen LogP contribution < -0.4 is 10.2 Å². The van der Waals surface area contributed by atoms with Gasteiger partial charge in [-0.15, -0.1) is 0 Å². The van der Waals surface area contributed by atoms with Crippen LogP contribution in [0.4, 0.5) is 11.6 Å². The van der Waals surface area contributed by atoms with Crippen LogP contribution in [0.15, 0.2) is 30.3 Å². The van der Waals surface area contributed by atoms with Gasteiger partial charge in [0.2, 0.25) is 0 Å². The van der Waals surface area contributed by atoms with E-state index in [-0.39, 0.29) is 0 Å². The van der Waals surface area contributed by atoms with Gasteiger partial charge in [0, 0.05) is 25.2 Å². The molecule has 4 heteroatoms. The third-order valence-electron chi connectivity index (χ3n) is 4.94. The van der Waals surface area contributed by atoms with Gasteiger partial charge in [-0.25, -0.2) is 9.97 Å². The molecule has 3 rings (SSSR count). The number of aryl methyl sites for hydroxylation is 2. The topological polar surface area (TPSA) is 41.0 Å². The SMILES string of the molecule is CCC1CCCCN1c1cc(NCc2ccccc2C)nc(C)n1. The highest BCUT2D eigenvalue weighted by molar-refractivity contribution is 5.51. The van der Waals surface area contributed by atoms with Crippen molar-refractivity contribution in [2.45, 2.75) is 59.0 Å². The molecule has 128 valence electrons. The zero-order valence-electron chi connectivity index (χ0n) is 15.0. The first-order chi connectivity index (χ1) is 11.7. The summed E-state index contributed by atoms with van der Waals surface area (Å²) >= 11 is 0. The van der Waals surface area contributed by atoms with Crippen LogP contribution in [-0.2, 0) is 6.54 Å². The molecule has 0 radical (unpaired) electrons. The predicted molar refractivity (Wildman–Crippen MR) is 101 cm³/mol. The Bertz CT molecular complexity index is 683. The summed E-state index contributed by atoms with van der Waals surface area (Å²) in [6, 6.07) is 11.2. The molecule has 0 aliphatic carbocycles. The van der Waals surface area contributed by atoms with E-state index in [2.05, 4.69) is 59.4 Å². The Balaban J connectivity index is 1.77. The van der Waals surface area contributed by atoms with Crippen LogP contribution >= 0.6 is 0 Å². The summed E-state index contributed by atoms with van der Waals surface area (Å²) in [5.41, 5.74) is 2.61. The Hall–Kier alpha value is -2.10. The largest absolute Gasteiger partial charge is 0.366 e. The third-order valence-corrected chi connectivity index (χ3v) is 4.94. The summed E-state index contributed by atoms with van der Waals surface area (Å²) in [6.45, 7) is 8.29. The number of hydrogen-bond donors (Lipinski definition) is 1. The molecular formula is C20H28N4. The Morgan fingerprint density at radius 3 is 2.79 bits per heavy atom. The van der Waals surface area contributed by atoms with Crippen molar-refractivity contribution in [1.29, 1.82) is 0 Å². The van der Waals surface area contributed by atoms with Crippen molar-refractivity contribution >= 4 is 11.6 Å². The molecule has 2 aromatic rings. The lowest BCUT2D eigenvalue weighted by molar-refractivity contribution is 0.446. The summed E-state index contributed by atoms with van der Waals surface area (Å²) in [5, 5.41) is 3.48. The monoisotopic (exact) mass is 324 g/mol. The van der Waals surface area contributed by atoms with Gasteiger partial charge < -0.3 is 10.2 Å². The van der Waals surface area contributed by atoms with Crippen LogP contribution in [0, 0.1) is 13.8 Å². The summed E-state index contributed by atoms with van der Waals surface area (Å²) < 4.78 is 0. The average Bonchev–Trinajstić information content (AvgIpc) is 2.60. The first kappa shape index (κ1) is 16.7. The van der Waals surface area contributed by atoms with Crippen molar-refractivity contribution in [2.24, 2.45) is 0 Å². The van der Waals surface area contributed by atoms with E-state index in [9.17, 15) is 0 Å². The molecule has 0 saturated carbocycles. The lowest BCUT2D eigenvalue weighted by atomic mass is 10.00. The van der Waals surface area contributed by atoms with Crippen LogP contribution in [0.5, 0.6) is 0 Å². The lowest BCUT2D eigenvalue weighted by Gasteiger charge is -2.36. The van der Waals surface area contributed by atoms with E-state index in [1.54, 1.807) is 0 Å². The molecule has 1 aromatic carbocycles. The van der Waals surface area contributed by atoms with Crippen molar-refractivity contribution in [3.05, 3.63) is 47.3 Å². The highest BCUT2D eigenvalue weighted by atomic mass is 15.2. The van der Waals surface area contributed by atoms with Gasteiger partial charge in [-0.3, -0.25) is 0 Å². The molecule has 2 heterocycles. The molecule has 1 atom stereocenters. The fourth-order valence-corrected chi connectivity index (χ4v) is 3.51. The first-order valence-corrected chi connectivity index (χ1v) is 9.08. The van der Waals surface area contributed by atoms with E-state index in [1.807, 2.05) is 6.92 Å². The summed E-state index contributed by atoms with van der Waals surface area (Å²) in [6.07, 6.45) is 5.03. The van der Waals surface area contributed by atoms with E-state index in [4.69, 9.17) is 4.98 Å². The number of nitrogens with zero attached hydrogens (tertiary/aromatic N) is 3. The fraction of sp³-hybridized carbons (Fsp3) is 0.500. The highest BCUT2D eigenvalue weighted by Gasteiger charge is 2.22. The summed E-state index contributed by atoms with van der Waals surface area (Å²) in [5.74, 6) is 2.82. The van der Waals surface area contributed by atoms with E-state index in [0.29, 0.717) is 6.04 Å². The van der Waals surface area contributed by atoms with Crippen molar-refractivity contribution in [3.8, 4) is 0 Å². The zero-order chi connectivity index (χ0) is 16.9. The van der Waals surface area contributed by atoms with Gasteiger partial charge in [-0.05, 0) is 50.7 Å². The minimum atomic E-state index is 0.609. The van der Waals surface area contributed by atoms with Crippen LogP contribution in [0.2, 0.25) is 0 Å². The standard InChI is InChI=1S/C20H28N4/c1-4-18-11-7-8-12-24(18)20-13-19(22-16(3)23-20)21-14-17-10-6-5-9-15(17)2/h5-6,9-10,13,18H,4,7-8,11-12,14H2,1-3H3,(H,21,22,23). The van der Waals surface area contributed by atoms with Gasteiger partial charge in [-0.2, -0.15) is 0 Å². The number of benzene rings is 1. The molecule has 1 unspecified atom stereocenters. The molecule has 1 N–H and O–H groups in total. The number of hydrogen-bond acceptors (Lipinski definition) is 4. The number of aromatic nitrogens is 2. The lowest BCUT2D eigenvalue weighted by Crippen LogP contribution is -2.39. The van der Waals surface area contributed by atoms with Crippen molar-refractivity contribution in [3.63, 3.8) is 0 Å². The van der Waals surface area contributed by atoms with E-state index in [1.165, 1.54) is 36.8 Å². The molecule has 0 amide bonds. The minimum Gasteiger partial charge on any atom is -0.366 e. The molecular weight excluding hydrogens is 296 g/mol. The molecule has 0 spiro atoms. The van der Waals surface area contributed by atoms with Gasteiger partial charge in [0.25, 0.3) is 0 Å². The van der Waals surface area contributed by atoms with E-state index < -0.39 is 0 Å². The van der Waals surface area contributed by atoms with Gasteiger partial charge in [0.1, 0.15) is 17.5 Å². The van der Waals surface area contributed by atoms with Crippen LogP contribution in [0.1, 0.15) is 49.6 Å². The molecule has 24 heavy (non-hydrogen) atoms. The van der Waals surface area contributed by atoms with E-state index >= 15 is 0 Å². The minimum absolute atomic E-state index is 0.609. The quantitative estimate of drug-likeness (QED) is 0.881. The van der Waals surface area contributed by atoms with Crippen molar-refractivity contribution in [2.75, 3.05) is 16.8 Å². The van der Waals surface area contributed by atoms with E-state index in [0.717, 1.165) is 30.5 Å². The molecule has 1 saturated heterocycles. The molecule has 0 bridgehead atoms. The highest BCUT2D eigenvalue weighted by Crippen LogP contribution is 2.26. The maximum Gasteiger partial charge on any atom is 0.134 e. The average molecular weight is 324 g/mol. The maximum atomic E-state index is 4.70. The second kappa shape index (κ2) is 7.65. The zero-order valence-corrected chi connectivity index (χ0v) is 15.0. The molecule has 4 nitrogen and oxygen atoms in total. The normalized spacial score (nSPS) is 17.8. The molecule has 1 aliphatic rings. The molecule has 1 aliphatic heterocycles. The third kappa shape index (κ3) is 3.86. The van der Waals surface area contributed by atoms with Gasteiger partial charge in [0.15, 0.2) is 0 Å². The fourth-order valence-electron chi connectivity index (χ4n) is 3.51. The first-order valence-electron chi connectivity index (χ1n) is 9.08. The van der Waals surface area contributed by atoms with Gasteiger partial charge in [0.05, 0.1) is 0 Å². The predicted octanol–water partition coefficient (Wildman–Crippen LogP) is 4.47. The van der Waals surface area contributed by atoms with Gasteiger partial charge >= 0.3 is 0 Å². The number of nitrogens with one attached hydrogen (secondary N) is 1. The number of rotatable bonds is 5. The molecule has 1 aromatic heterocycles. The Morgan fingerprint density at radius 1 is 1.17 bits per heavy atom. The summed E-state index contributed by atoms with van der Waals surface area (Å²) in [7, 11) is 0. The second-order valence-corrected chi connectivity index (χ2v) is 6.69. The number of piperidine rings is 1. The van der Waals surface area contributed by atoms with Crippen LogP contribution in [0.25, 0.3) is 0 Å². The molecule has 1 fully saturated rings. The Kier molecular flexibility index (Phi) is 5.34. The smallest absolute Gasteiger partial charge is 0.134 e.